The van der Waals surface area contributed by atoms with Gasteiger partial charge in [-0.15, -0.1) is 12.6 Å². The summed E-state index contributed by atoms with van der Waals surface area (Å²) in [5.74, 6) is 0.989. The van der Waals surface area contributed by atoms with Crippen molar-refractivity contribution in [3.05, 3.63) is 17.2 Å². The first-order valence-corrected chi connectivity index (χ1v) is 4.57. The molecular weight excluding hydrogens is 188 g/mol. The summed E-state index contributed by atoms with van der Waals surface area (Å²) in [4.78, 5) is 0. The number of hydrogen-bond acceptors (Lipinski definition) is 1. The lowest BCUT2D eigenvalue weighted by Gasteiger charge is -1.93. The average Bonchev–Trinajstić information content (AvgIpc) is 2.16. The molecule has 0 amide bonds. The molecule has 0 spiro atoms. The van der Waals surface area contributed by atoms with Crippen LogP contribution in [-0.2, 0) is 14.1 Å². The fraction of sp³-hybridized carbons (Fsp3) is 0.500. The minimum absolute atomic E-state index is 0.635. The summed E-state index contributed by atoms with van der Waals surface area (Å²) in [6.07, 6.45) is 0. The number of nitrogens with zero attached hydrogens (tertiary/aromatic N) is 2. The van der Waals surface area contributed by atoms with Crippen LogP contribution in [0, 0.1) is 13.8 Å². The highest BCUT2D eigenvalue weighted by atomic mass is 32.1. The predicted molar refractivity (Wildman–Crippen MR) is 56.7 cm³/mol. The topological polar surface area (TPSA) is 8.81 Å². The summed E-state index contributed by atoms with van der Waals surface area (Å²) in [7, 11) is 4.00. The first kappa shape index (κ1) is 9.74. The van der Waals surface area contributed by atoms with Crippen molar-refractivity contribution in [2.24, 2.45) is 14.1 Å². The molecule has 1 aromatic rings. The Kier molecular flexibility index (Phi) is 2.58. The van der Waals surface area contributed by atoms with Gasteiger partial charge in [-0.1, -0.05) is 12.2 Å². The maximum Gasteiger partial charge on any atom is 0.306 e. The normalized spacial score (nSPS) is 10.4. The van der Waals surface area contributed by atoms with Crippen molar-refractivity contribution in [2.75, 3.05) is 0 Å². The summed E-state index contributed by atoms with van der Waals surface area (Å²) in [6, 6.07) is 0. The standard InChI is InChI=1S/C8H12N2S2/c1-5-6(2)10(4)7(8(11)12)9(5)3/h1-4H3/p+1. The molecule has 1 heterocycles. The molecule has 0 N–H and O–H groups in total. The van der Waals surface area contributed by atoms with Gasteiger partial charge in [0.15, 0.2) is 4.20 Å². The fourth-order valence-corrected chi connectivity index (χ4v) is 1.89. The van der Waals surface area contributed by atoms with E-state index in [1.165, 1.54) is 11.4 Å². The molecule has 1 aromatic heterocycles. The van der Waals surface area contributed by atoms with Gasteiger partial charge in [-0.25, -0.2) is 9.13 Å². The van der Waals surface area contributed by atoms with E-state index in [2.05, 4.69) is 35.6 Å². The van der Waals surface area contributed by atoms with Gasteiger partial charge in [0.2, 0.25) is 0 Å². The number of rotatable bonds is 1. The quantitative estimate of drug-likeness (QED) is 0.406. The summed E-state index contributed by atoms with van der Waals surface area (Å²) in [5, 5.41) is 0. The predicted octanol–water partition coefficient (Wildman–Crippen LogP) is 1.07. The van der Waals surface area contributed by atoms with E-state index in [1.807, 2.05) is 14.1 Å². The van der Waals surface area contributed by atoms with Crippen LogP contribution < -0.4 is 4.57 Å². The van der Waals surface area contributed by atoms with Gasteiger partial charge in [-0.05, 0) is 0 Å². The van der Waals surface area contributed by atoms with Crippen LogP contribution in [-0.4, -0.2) is 8.76 Å². The summed E-state index contributed by atoms with van der Waals surface area (Å²) < 4.78 is 4.76. The molecule has 0 saturated heterocycles. The lowest BCUT2D eigenvalue weighted by molar-refractivity contribution is -0.677. The van der Waals surface area contributed by atoms with Gasteiger partial charge in [0.25, 0.3) is 0 Å². The summed E-state index contributed by atoms with van der Waals surface area (Å²) in [6.45, 7) is 4.15. The Balaban J connectivity index is 3.48. The number of hydrogen-bond donors (Lipinski definition) is 1. The minimum atomic E-state index is 0.635. The number of aromatic nitrogens is 2. The third-order valence-electron chi connectivity index (χ3n) is 2.36. The van der Waals surface area contributed by atoms with Gasteiger partial charge >= 0.3 is 5.82 Å². The van der Waals surface area contributed by atoms with E-state index in [-0.39, 0.29) is 0 Å². The lowest BCUT2D eigenvalue weighted by Crippen LogP contribution is -2.36. The molecule has 0 aliphatic carbocycles. The SMILES string of the molecule is Cc1c(C)[n+](C)c(C(=S)S)n1C. The van der Waals surface area contributed by atoms with Crippen LogP contribution in [0.1, 0.15) is 17.2 Å². The van der Waals surface area contributed by atoms with Crippen molar-refractivity contribution in [1.29, 1.82) is 0 Å². The van der Waals surface area contributed by atoms with Gasteiger partial charge in [0, 0.05) is 13.8 Å². The Bertz CT molecular complexity index is 314. The van der Waals surface area contributed by atoms with Gasteiger partial charge in [0.1, 0.15) is 11.4 Å². The third kappa shape index (κ3) is 1.29. The van der Waals surface area contributed by atoms with Crippen molar-refractivity contribution in [3.63, 3.8) is 0 Å². The minimum Gasteiger partial charge on any atom is -0.229 e. The van der Waals surface area contributed by atoms with E-state index in [4.69, 9.17) is 12.2 Å². The Morgan fingerprint density at radius 2 is 2.00 bits per heavy atom. The molecule has 0 aliphatic rings. The summed E-state index contributed by atoms with van der Waals surface area (Å²) >= 11 is 9.21. The Morgan fingerprint density at radius 3 is 2.17 bits per heavy atom. The molecule has 0 atom stereocenters. The van der Waals surface area contributed by atoms with Gasteiger partial charge in [-0.2, -0.15) is 0 Å². The zero-order valence-electron chi connectivity index (χ0n) is 7.75. The highest BCUT2D eigenvalue weighted by Crippen LogP contribution is 2.07. The van der Waals surface area contributed by atoms with Crippen LogP contribution in [0.15, 0.2) is 0 Å². The molecule has 4 heteroatoms. The number of thiocarbonyl (C=S) groups is 1. The fourth-order valence-electron chi connectivity index (χ4n) is 1.32. The van der Waals surface area contributed by atoms with Crippen molar-refractivity contribution >= 4 is 29.0 Å². The van der Waals surface area contributed by atoms with E-state index in [9.17, 15) is 0 Å². The highest BCUT2D eigenvalue weighted by molar-refractivity contribution is 8.11. The zero-order valence-corrected chi connectivity index (χ0v) is 9.46. The van der Waals surface area contributed by atoms with Crippen molar-refractivity contribution in [1.82, 2.24) is 4.57 Å². The molecule has 12 heavy (non-hydrogen) atoms. The van der Waals surface area contributed by atoms with Gasteiger partial charge in [0.05, 0.1) is 14.1 Å². The second-order valence-electron chi connectivity index (χ2n) is 2.92. The largest absolute Gasteiger partial charge is 0.306 e. The highest BCUT2D eigenvalue weighted by Gasteiger charge is 2.21. The molecular formula is C8H13N2S2+. The number of imidazole rings is 1. The van der Waals surface area contributed by atoms with E-state index >= 15 is 0 Å². The second-order valence-corrected chi connectivity index (χ2v) is 4.08. The molecule has 66 valence electrons. The van der Waals surface area contributed by atoms with Crippen LogP contribution in [0.5, 0.6) is 0 Å². The third-order valence-corrected chi connectivity index (χ3v) is 2.74. The maximum absolute atomic E-state index is 5.03. The molecule has 2 nitrogen and oxygen atoms in total. The average molecular weight is 201 g/mol. The zero-order chi connectivity index (χ0) is 9.46. The van der Waals surface area contributed by atoms with Crippen molar-refractivity contribution < 1.29 is 4.57 Å². The van der Waals surface area contributed by atoms with E-state index < -0.39 is 0 Å². The van der Waals surface area contributed by atoms with Crippen molar-refractivity contribution in [3.8, 4) is 0 Å². The smallest absolute Gasteiger partial charge is 0.229 e. The number of thiol groups is 1. The molecule has 0 unspecified atom stereocenters. The Hall–Kier alpha value is -0.350. The molecule has 1 rings (SSSR count). The lowest BCUT2D eigenvalue weighted by atomic mass is 10.4. The van der Waals surface area contributed by atoms with E-state index in [0.29, 0.717) is 4.20 Å². The summed E-state index contributed by atoms with van der Waals surface area (Å²) in [5.41, 5.74) is 2.45. The van der Waals surface area contributed by atoms with Crippen LogP contribution in [0.3, 0.4) is 0 Å². The van der Waals surface area contributed by atoms with Gasteiger partial charge in [-0.3, -0.25) is 0 Å². The first-order valence-electron chi connectivity index (χ1n) is 3.72. The maximum atomic E-state index is 5.03. The molecule has 0 aliphatic heterocycles. The first-order chi connectivity index (χ1) is 5.46. The van der Waals surface area contributed by atoms with E-state index in [1.54, 1.807) is 0 Å². The van der Waals surface area contributed by atoms with Crippen LogP contribution in [0.25, 0.3) is 0 Å². The molecule has 0 radical (unpaired) electrons. The van der Waals surface area contributed by atoms with Crippen molar-refractivity contribution in [2.45, 2.75) is 13.8 Å². The van der Waals surface area contributed by atoms with E-state index in [0.717, 1.165) is 5.82 Å². The second kappa shape index (κ2) is 3.18. The van der Waals surface area contributed by atoms with Crippen LogP contribution in [0.4, 0.5) is 0 Å². The molecule has 0 bridgehead atoms. The Morgan fingerprint density at radius 1 is 1.50 bits per heavy atom. The molecule has 0 aromatic carbocycles. The van der Waals surface area contributed by atoms with Crippen LogP contribution >= 0.6 is 24.8 Å². The molecule has 0 saturated carbocycles. The molecule has 0 fully saturated rings. The monoisotopic (exact) mass is 201 g/mol. The van der Waals surface area contributed by atoms with Crippen LogP contribution in [0.2, 0.25) is 0 Å². The van der Waals surface area contributed by atoms with Gasteiger partial charge < -0.3 is 0 Å². The Labute approximate surface area is 83.6 Å².